The molecule has 2 rings (SSSR count). The van der Waals surface area contributed by atoms with Crippen molar-refractivity contribution < 1.29 is 9.57 Å². The van der Waals surface area contributed by atoms with Crippen molar-refractivity contribution in [1.29, 1.82) is 5.26 Å². The summed E-state index contributed by atoms with van der Waals surface area (Å²) in [7, 11) is 1.63. The van der Waals surface area contributed by atoms with Crippen LogP contribution in [0.15, 0.2) is 53.7 Å². The normalized spacial score (nSPS) is 10.2. The Morgan fingerprint density at radius 2 is 1.90 bits per heavy atom. The van der Waals surface area contributed by atoms with E-state index in [1.54, 1.807) is 19.4 Å². The Kier molecular flexibility index (Phi) is 4.74. The standard InChI is InChI=1S/C16H14N2O2/c1-19-16-8-6-13(7-9-16)12-20-18-11-15-5-3-2-4-14(15)10-17/h2-9,11H,12H2,1H3. The third-order valence-corrected chi connectivity index (χ3v) is 2.74. The summed E-state index contributed by atoms with van der Waals surface area (Å²) in [5.41, 5.74) is 2.31. The lowest BCUT2D eigenvalue weighted by atomic mass is 10.1. The molecule has 20 heavy (non-hydrogen) atoms. The van der Waals surface area contributed by atoms with Gasteiger partial charge in [0, 0.05) is 5.56 Å². The maximum absolute atomic E-state index is 8.94. The van der Waals surface area contributed by atoms with Crippen LogP contribution in [0.5, 0.6) is 5.75 Å². The van der Waals surface area contributed by atoms with Gasteiger partial charge in [-0.1, -0.05) is 35.5 Å². The van der Waals surface area contributed by atoms with Gasteiger partial charge in [-0.2, -0.15) is 5.26 Å². The molecular weight excluding hydrogens is 252 g/mol. The lowest BCUT2D eigenvalue weighted by Crippen LogP contribution is -1.91. The first-order valence-electron chi connectivity index (χ1n) is 6.11. The number of oxime groups is 1. The second kappa shape index (κ2) is 6.95. The van der Waals surface area contributed by atoms with E-state index in [2.05, 4.69) is 11.2 Å². The van der Waals surface area contributed by atoms with Crippen LogP contribution in [0, 0.1) is 11.3 Å². The Morgan fingerprint density at radius 1 is 1.15 bits per heavy atom. The average Bonchev–Trinajstić information content (AvgIpc) is 2.52. The summed E-state index contributed by atoms with van der Waals surface area (Å²) in [5.74, 6) is 0.806. The van der Waals surface area contributed by atoms with Crippen LogP contribution in [0.4, 0.5) is 0 Å². The minimum atomic E-state index is 0.370. The van der Waals surface area contributed by atoms with Crippen molar-refractivity contribution in [2.24, 2.45) is 5.16 Å². The number of ether oxygens (including phenoxy) is 1. The molecule has 0 aromatic heterocycles. The molecule has 0 saturated carbocycles. The fourth-order valence-corrected chi connectivity index (χ4v) is 1.64. The van der Waals surface area contributed by atoms with Crippen molar-refractivity contribution in [3.63, 3.8) is 0 Å². The predicted molar refractivity (Wildman–Crippen MR) is 76.5 cm³/mol. The molecule has 4 heteroatoms. The maximum Gasteiger partial charge on any atom is 0.142 e. The van der Waals surface area contributed by atoms with Gasteiger partial charge in [-0.15, -0.1) is 0 Å². The minimum Gasteiger partial charge on any atom is -0.497 e. The highest BCUT2D eigenvalue weighted by molar-refractivity contribution is 5.82. The summed E-state index contributed by atoms with van der Waals surface area (Å²) in [6.07, 6.45) is 1.54. The lowest BCUT2D eigenvalue weighted by Gasteiger charge is -2.02. The van der Waals surface area contributed by atoms with Gasteiger partial charge in [-0.05, 0) is 23.8 Å². The second-order valence-electron chi connectivity index (χ2n) is 4.06. The molecule has 0 unspecified atom stereocenters. The van der Waals surface area contributed by atoms with E-state index in [0.717, 1.165) is 16.9 Å². The van der Waals surface area contributed by atoms with Crippen molar-refractivity contribution in [3.8, 4) is 11.8 Å². The Balaban J connectivity index is 1.92. The van der Waals surface area contributed by atoms with Gasteiger partial charge in [0.1, 0.15) is 12.4 Å². The van der Waals surface area contributed by atoms with E-state index in [-0.39, 0.29) is 0 Å². The Bertz CT molecular complexity index is 628. The van der Waals surface area contributed by atoms with Crippen LogP contribution in [-0.2, 0) is 11.4 Å². The fourth-order valence-electron chi connectivity index (χ4n) is 1.64. The van der Waals surface area contributed by atoms with Crippen LogP contribution in [0.1, 0.15) is 16.7 Å². The van der Waals surface area contributed by atoms with Crippen molar-refractivity contribution in [3.05, 3.63) is 65.2 Å². The van der Waals surface area contributed by atoms with E-state index in [1.165, 1.54) is 0 Å². The average molecular weight is 266 g/mol. The lowest BCUT2D eigenvalue weighted by molar-refractivity contribution is 0.132. The highest BCUT2D eigenvalue weighted by Gasteiger charge is 1.97. The first-order valence-corrected chi connectivity index (χ1v) is 6.11. The molecule has 0 spiro atoms. The number of hydrogen-bond acceptors (Lipinski definition) is 4. The molecule has 0 aliphatic rings. The van der Waals surface area contributed by atoms with Gasteiger partial charge in [-0.3, -0.25) is 0 Å². The summed E-state index contributed by atoms with van der Waals surface area (Å²) in [6.45, 7) is 0.370. The molecule has 0 radical (unpaired) electrons. The molecule has 2 aromatic rings. The summed E-state index contributed by atoms with van der Waals surface area (Å²) in [4.78, 5) is 5.22. The van der Waals surface area contributed by atoms with Crippen LogP contribution in [0.3, 0.4) is 0 Å². The van der Waals surface area contributed by atoms with E-state index in [0.29, 0.717) is 12.2 Å². The molecule has 0 N–H and O–H groups in total. The summed E-state index contributed by atoms with van der Waals surface area (Å²) >= 11 is 0. The topological polar surface area (TPSA) is 54.6 Å². The molecule has 0 aliphatic heterocycles. The molecule has 0 bridgehead atoms. The first kappa shape index (κ1) is 13.6. The van der Waals surface area contributed by atoms with Gasteiger partial charge >= 0.3 is 0 Å². The number of methoxy groups -OCH3 is 1. The van der Waals surface area contributed by atoms with E-state index in [1.807, 2.05) is 42.5 Å². The molecule has 4 nitrogen and oxygen atoms in total. The molecule has 0 atom stereocenters. The highest BCUT2D eigenvalue weighted by Crippen LogP contribution is 2.12. The number of rotatable bonds is 5. The van der Waals surface area contributed by atoms with Crippen LogP contribution in [-0.4, -0.2) is 13.3 Å². The molecule has 0 saturated heterocycles. The fraction of sp³-hybridized carbons (Fsp3) is 0.125. The number of nitrogens with zero attached hydrogens (tertiary/aromatic N) is 2. The first-order chi connectivity index (χ1) is 9.83. The molecule has 0 heterocycles. The van der Waals surface area contributed by atoms with Crippen LogP contribution in [0.25, 0.3) is 0 Å². The molecule has 0 aliphatic carbocycles. The van der Waals surface area contributed by atoms with Gasteiger partial charge in [0.05, 0.1) is 25.0 Å². The molecule has 0 amide bonds. The SMILES string of the molecule is COc1ccc(CON=Cc2ccccc2C#N)cc1. The Hall–Kier alpha value is -2.80. The zero-order valence-electron chi connectivity index (χ0n) is 11.1. The molecule has 100 valence electrons. The largest absolute Gasteiger partial charge is 0.497 e. The summed E-state index contributed by atoms with van der Waals surface area (Å²) in [6, 6.07) is 16.9. The van der Waals surface area contributed by atoms with E-state index >= 15 is 0 Å². The number of hydrogen-bond donors (Lipinski definition) is 0. The Labute approximate surface area is 117 Å². The van der Waals surface area contributed by atoms with Crippen LogP contribution in [0.2, 0.25) is 0 Å². The van der Waals surface area contributed by atoms with Gasteiger partial charge in [0.2, 0.25) is 0 Å². The van der Waals surface area contributed by atoms with Crippen LogP contribution < -0.4 is 4.74 Å². The van der Waals surface area contributed by atoms with Crippen molar-refractivity contribution >= 4 is 6.21 Å². The monoisotopic (exact) mass is 266 g/mol. The summed E-state index contributed by atoms with van der Waals surface area (Å²) in [5, 5.41) is 12.8. The van der Waals surface area contributed by atoms with E-state index in [4.69, 9.17) is 14.8 Å². The third-order valence-electron chi connectivity index (χ3n) is 2.74. The molecule has 2 aromatic carbocycles. The zero-order valence-corrected chi connectivity index (χ0v) is 11.1. The van der Waals surface area contributed by atoms with Gasteiger partial charge < -0.3 is 9.57 Å². The number of benzene rings is 2. The molecule has 0 fully saturated rings. The maximum atomic E-state index is 8.94. The Morgan fingerprint density at radius 3 is 2.60 bits per heavy atom. The van der Waals surface area contributed by atoms with Crippen molar-refractivity contribution in [1.82, 2.24) is 0 Å². The highest BCUT2D eigenvalue weighted by atomic mass is 16.6. The van der Waals surface area contributed by atoms with Crippen molar-refractivity contribution in [2.75, 3.05) is 7.11 Å². The summed E-state index contributed by atoms with van der Waals surface area (Å²) < 4.78 is 5.08. The van der Waals surface area contributed by atoms with E-state index in [9.17, 15) is 0 Å². The smallest absolute Gasteiger partial charge is 0.142 e. The number of nitriles is 1. The second-order valence-corrected chi connectivity index (χ2v) is 4.06. The van der Waals surface area contributed by atoms with Gasteiger partial charge in [0.15, 0.2) is 0 Å². The quantitative estimate of drug-likeness (QED) is 0.617. The third kappa shape index (κ3) is 3.59. The predicted octanol–water partition coefficient (Wildman–Crippen LogP) is 3.12. The van der Waals surface area contributed by atoms with Gasteiger partial charge in [-0.25, -0.2) is 0 Å². The van der Waals surface area contributed by atoms with Crippen LogP contribution >= 0.6 is 0 Å². The van der Waals surface area contributed by atoms with Gasteiger partial charge in [0.25, 0.3) is 0 Å². The minimum absolute atomic E-state index is 0.370. The zero-order chi connectivity index (χ0) is 14.2. The molecular formula is C16H14N2O2. The van der Waals surface area contributed by atoms with E-state index < -0.39 is 0 Å². The van der Waals surface area contributed by atoms with Crippen molar-refractivity contribution in [2.45, 2.75) is 6.61 Å².